The maximum absolute atomic E-state index is 11.8. The fraction of sp³-hybridized carbons (Fsp3) is 0.312. The van der Waals surface area contributed by atoms with Crippen molar-refractivity contribution >= 4 is 39.4 Å². The first-order chi connectivity index (χ1) is 11.5. The molecule has 24 heavy (non-hydrogen) atoms. The number of carbonyl (C=O) groups excluding carboxylic acids is 1. The molecule has 1 amide bonds. The van der Waals surface area contributed by atoms with Gasteiger partial charge in [-0.15, -0.1) is 11.3 Å². The van der Waals surface area contributed by atoms with E-state index in [1.54, 1.807) is 19.4 Å². The molecule has 0 saturated carbocycles. The van der Waals surface area contributed by atoms with Crippen LogP contribution >= 0.6 is 27.3 Å². The van der Waals surface area contributed by atoms with Gasteiger partial charge in [0.1, 0.15) is 5.01 Å². The van der Waals surface area contributed by atoms with Crippen molar-refractivity contribution in [3.8, 4) is 11.5 Å². The molecular weight excluding hydrogens is 394 g/mol. The number of rotatable bonds is 7. The van der Waals surface area contributed by atoms with Crippen LogP contribution in [0.5, 0.6) is 11.5 Å². The monoisotopic (exact) mass is 411 g/mol. The number of hydrogen-bond donors (Lipinski definition) is 1. The molecule has 0 saturated heterocycles. The molecule has 128 valence electrons. The molecule has 6 nitrogen and oxygen atoms in total. The first-order valence-corrected chi connectivity index (χ1v) is 8.94. The van der Waals surface area contributed by atoms with E-state index in [4.69, 9.17) is 9.47 Å². The van der Waals surface area contributed by atoms with E-state index in [0.717, 1.165) is 20.7 Å². The summed E-state index contributed by atoms with van der Waals surface area (Å²) in [4.78, 5) is 16.1. The van der Waals surface area contributed by atoms with Crippen molar-refractivity contribution in [3.63, 3.8) is 0 Å². The second-order valence-corrected chi connectivity index (χ2v) is 6.62. The van der Waals surface area contributed by atoms with E-state index in [1.807, 2.05) is 25.3 Å². The summed E-state index contributed by atoms with van der Waals surface area (Å²) in [6.07, 6.45) is 1.76. The predicted molar refractivity (Wildman–Crippen MR) is 98.2 cm³/mol. The molecule has 0 spiro atoms. The number of nitrogens with one attached hydrogen (secondary N) is 1. The zero-order valence-electron chi connectivity index (χ0n) is 13.6. The Labute approximate surface area is 153 Å². The lowest BCUT2D eigenvalue weighted by atomic mass is 10.2. The van der Waals surface area contributed by atoms with Crippen LogP contribution in [0.3, 0.4) is 0 Å². The number of aromatic nitrogens is 1. The van der Waals surface area contributed by atoms with Crippen LogP contribution < -0.4 is 14.9 Å². The highest BCUT2D eigenvalue weighted by atomic mass is 79.9. The summed E-state index contributed by atoms with van der Waals surface area (Å²) in [6.45, 7) is 4.34. The van der Waals surface area contributed by atoms with Crippen LogP contribution in [0, 0.1) is 6.92 Å². The highest BCUT2D eigenvalue weighted by Crippen LogP contribution is 2.36. The molecule has 1 aromatic carbocycles. The number of hydrazone groups is 1. The van der Waals surface area contributed by atoms with Gasteiger partial charge in [0.2, 0.25) is 5.91 Å². The summed E-state index contributed by atoms with van der Waals surface area (Å²) < 4.78 is 11.6. The zero-order valence-corrected chi connectivity index (χ0v) is 16.0. The number of methoxy groups -OCH3 is 1. The lowest BCUT2D eigenvalue weighted by molar-refractivity contribution is -0.120. The third kappa shape index (κ3) is 5.04. The van der Waals surface area contributed by atoms with Crippen LogP contribution in [-0.2, 0) is 11.2 Å². The van der Waals surface area contributed by atoms with Gasteiger partial charge in [-0.3, -0.25) is 4.79 Å². The highest BCUT2D eigenvalue weighted by molar-refractivity contribution is 9.10. The molecule has 1 heterocycles. The Bertz CT molecular complexity index is 746. The minimum Gasteiger partial charge on any atom is -0.493 e. The number of carbonyl (C=O) groups is 1. The summed E-state index contributed by atoms with van der Waals surface area (Å²) in [5.74, 6) is 1.02. The van der Waals surface area contributed by atoms with Crippen molar-refractivity contribution in [2.75, 3.05) is 13.7 Å². The Kier molecular flexibility index (Phi) is 6.74. The average Bonchev–Trinajstić information content (AvgIpc) is 2.94. The standard InChI is InChI=1S/C16H18BrN3O3S/c1-4-23-16-12(17)5-11(6-13(16)22-3)8-18-20-14(21)7-15-19-10(2)9-24-15/h5-6,8-9H,4,7H2,1-3H3,(H,20,21)/b18-8-. The Morgan fingerprint density at radius 3 is 2.92 bits per heavy atom. The Morgan fingerprint density at radius 1 is 1.50 bits per heavy atom. The van der Waals surface area contributed by atoms with Crippen LogP contribution in [0.15, 0.2) is 27.1 Å². The Hall–Kier alpha value is -1.93. The number of nitrogens with zero attached hydrogens (tertiary/aromatic N) is 2. The molecule has 0 aliphatic rings. The summed E-state index contributed by atoms with van der Waals surface area (Å²) in [5, 5.41) is 6.65. The molecule has 2 aromatic rings. The fourth-order valence-corrected chi connectivity index (χ4v) is 3.28. The lowest BCUT2D eigenvalue weighted by Gasteiger charge is -2.11. The fourth-order valence-electron chi connectivity index (χ4n) is 1.94. The second kappa shape index (κ2) is 8.79. The average molecular weight is 412 g/mol. The molecule has 2 rings (SSSR count). The van der Waals surface area contributed by atoms with Crippen molar-refractivity contribution in [1.29, 1.82) is 0 Å². The Morgan fingerprint density at radius 2 is 2.29 bits per heavy atom. The molecule has 0 bridgehead atoms. The number of benzene rings is 1. The number of halogens is 1. The number of amides is 1. The molecule has 0 atom stereocenters. The van der Waals surface area contributed by atoms with Crippen LogP contribution in [0.25, 0.3) is 0 Å². The third-order valence-corrected chi connectivity index (χ3v) is 4.48. The van der Waals surface area contributed by atoms with Crippen LogP contribution in [0.2, 0.25) is 0 Å². The van der Waals surface area contributed by atoms with Gasteiger partial charge in [0.05, 0.1) is 30.8 Å². The van der Waals surface area contributed by atoms with Crippen molar-refractivity contribution in [3.05, 3.63) is 38.3 Å². The van der Waals surface area contributed by atoms with Gasteiger partial charge >= 0.3 is 0 Å². The highest BCUT2D eigenvalue weighted by Gasteiger charge is 2.10. The smallest absolute Gasteiger partial charge is 0.246 e. The van der Waals surface area contributed by atoms with Crippen LogP contribution in [0.4, 0.5) is 0 Å². The quantitative estimate of drug-likeness (QED) is 0.560. The van der Waals surface area contributed by atoms with Crippen molar-refractivity contribution < 1.29 is 14.3 Å². The van der Waals surface area contributed by atoms with E-state index >= 15 is 0 Å². The molecular formula is C16H18BrN3O3S. The van der Waals surface area contributed by atoms with E-state index in [1.165, 1.54) is 11.3 Å². The molecule has 0 aliphatic heterocycles. The molecule has 0 unspecified atom stereocenters. The maximum atomic E-state index is 11.8. The molecule has 0 aliphatic carbocycles. The normalized spacial score (nSPS) is 10.8. The third-order valence-electron chi connectivity index (χ3n) is 2.92. The summed E-state index contributed by atoms with van der Waals surface area (Å²) >= 11 is 4.91. The van der Waals surface area contributed by atoms with Crippen molar-refractivity contribution in [2.24, 2.45) is 5.10 Å². The van der Waals surface area contributed by atoms with Gasteiger partial charge < -0.3 is 9.47 Å². The lowest BCUT2D eigenvalue weighted by Crippen LogP contribution is -2.19. The van der Waals surface area contributed by atoms with E-state index in [2.05, 4.69) is 31.4 Å². The number of hydrogen-bond acceptors (Lipinski definition) is 6. The number of aryl methyl sites for hydroxylation is 1. The van der Waals surface area contributed by atoms with E-state index in [0.29, 0.717) is 18.1 Å². The summed E-state index contributed by atoms with van der Waals surface area (Å²) in [7, 11) is 1.57. The topological polar surface area (TPSA) is 72.8 Å². The van der Waals surface area contributed by atoms with Crippen LogP contribution in [-0.4, -0.2) is 30.8 Å². The predicted octanol–water partition coefficient (Wildman–Crippen LogP) is 3.31. The minimum absolute atomic E-state index is 0.211. The van der Waals surface area contributed by atoms with E-state index in [-0.39, 0.29) is 12.3 Å². The number of thiazole rings is 1. The van der Waals surface area contributed by atoms with Crippen molar-refractivity contribution in [2.45, 2.75) is 20.3 Å². The van der Waals surface area contributed by atoms with Gasteiger partial charge in [0.15, 0.2) is 11.5 Å². The van der Waals surface area contributed by atoms with Crippen molar-refractivity contribution in [1.82, 2.24) is 10.4 Å². The molecule has 1 aromatic heterocycles. The SMILES string of the molecule is CCOc1c(Br)cc(/C=N\NC(=O)Cc2nc(C)cs2)cc1OC. The summed E-state index contributed by atoms with van der Waals surface area (Å²) in [6, 6.07) is 3.63. The van der Waals surface area contributed by atoms with E-state index in [9.17, 15) is 4.79 Å². The maximum Gasteiger partial charge on any atom is 0.246 e. The molecule has 0 fully saturated rings. The minimum atomic E-state index is -0.211. The second-order valence-electron chi connectivity index (χ2n) is 4.82. The molecule has 0 radical (unpaired) electrons. The first-order valence-electron chi connectivity index (χ1n) is 7.26. The van der Waals surface area contributed by atoms with Gasteiger partial charge in [0, 0.05) is 11.1 Å². The largest absolute Gasteiger partial charge is 0.493 e. The van der Waals surface area contributed by atoms with Gasteiger partial charge in [-0.1, -0.05) is 0 Å². The zero-order chi connectivity index (χ0) is 17.5. The molecule has 1 N–H and O–H groups in total. The first kappa shape index (κ1) is 18.4. The Balaban J connectivity index is 2.00. The van der Waals surface area contributed by atoms with Gasteiger partial charge in [-0.05, 0) is 47.5 Å². The number of ether oxygens (including phenoxy) is 2. The molecule has 8 heteroatoms. The summed E-state index contributed by atoms with van der Waals surface area (Å²) in [5.41, 5.74) is 4.18. The van der Waals surface area contributed by atoms with E-state index < -0.39 is 0 Å². The van der Waals surface area contributed by atoms with Gasteiger partial charge in [-0.2, -0.15) is 5.10 Å². The van der Waals surface area contributed by atoms with Gasteiger partial charge in [0.25, 0.3) is 0 Å². The van der Waals surface area contributed by atoms with Crippen LogP contribution in [0.1, 0.15) is 23.2 Å². The van der Waals surface area contributed by atoms with Gasteiger partial charge in [-0.25, -0.2) is 10.4 Å².